The molecule has 5 heteroatoms. The zero-order valence-electron chi connectivity index (χ0n) is 7.78. The summed E-state index contributed by atoms with van der Waals surface area (Å²) in [5.74, 6) is -1.58. The van der Waals surface area contributed by atoms with Gasteiger partial charge in [-0.3, -0.25) is 4.79 Å². The predicted octanol–water partition coefficient (Wildman–Crippen LogP) is -0.406. The van der Waals surface area contributed by atoms with Crippen molar-refractivity contribution in [3.8, 4) is 0 Å². The Hall–Kier alpha value is -1.10. The number of aliphatic hydroxyl groups is 1. The van der Waals surface area contributed by atoms with Crippen LogP contribution < -0.4 is 5.32 Å². The molecule has 0 radical (unpaired) electrons. The van der Waals surface area contributed by atoms with Gasteiger partial charge >= 0.3 is 5.97 Å². The van der Waals surface area contributed by atoms with Crippen LogP contribution in [0.3, 0.4) is 0 Å². The minimum atomic E-state index is -1.07. The first-order chi connectivity index (χ1) is 5.97. The van der Waals surface area contributed by atoms with Gasteiger partial charge in [0.05, 0.1) is 0 Å². The predicted molar refractivity (Wildman–Crippen MR) is 46.1 cm³/mol. The van der Waals surface area contributed by atoms with Gasteiger partial charge < -0.3 is 15.5 Å². The molecule has 0 aliphatic rings. The van der Waals surface area contributed by atoms with Crippen molar-refractivity contribution in [1.82, 2.24) is 5.32 Å². The number of hydrogen-bond acceptors (Lipinski definition) is 3. The molecule has 0 fully saturated rings. The Balaban J connectivity index is 4.10. The van der Waals surface area contributed by atoms with Crippen LogP contribution in [0.1, 0.15) is 20.3 Å². The monoisotopic (exact) mass is 189 g/mol. The molecule has 0 aliphatic carbocycles. The van der Waals surface area contributed by atoms with Crippen LogP contribution in [0.2, 0.25) is 0 Å². The number of rotatable bonds is 5. The first kappa shape index (κ1) is 11.9. The highest BCUT2D eigenvalue weighted by molar-refractivity contribution is 5.81. The second-order valence-electron chi connectivity index (χ2n) is 3.11. The number of hydrogen-bond donors (Lipinski definition) is 3. The summed E-state index contributed by atoms with van der Waals surface area (Å²) >= 11 is 0. The van der Waals surface area contributed by atoms with Crippen molar-refractivity contribution < 1.29 is 19.8 Å². The van der Waals surface area contributed by atoms with Gasteiger partial charge in [-0.2, -0.15) is 0 Å². The molecule has 0 saturated carbocycles. The number of nitrogens with one attached hydrogen (secondary N) is 1. The van der Waals surface area contributed by atoms with E-state index in [9.17, 15) is 9.59 Å². The van der Waals surface area contributed by atoms with E-state index >= 15 is 0 Å². The molecule has 0 heterocycles. The maximum absolute atomic E-state index is 10.6. The quantitative estimate of drug-likeness (QED) is 0.549. The highest BCUT2D eigenvalue weighted by Gasteiger charge is 2.20. The molecule has 0 aromatic rings. The number of amides is 1. The van der Waals surface area contributed by atoms with E-state index in [0.717, 1.165) is 0 Å². The van der Waals surface area contributed by atoms with Crippen LogP contribution >= 0.6 is 0 Å². The highest BCUT2D eigenvalue weighted by Crippen LogP contribution is 2.05. The molecule has 76 valence electrons. The Labute approximate surface area is 76.8 Å². The lowest BCUT2D eigenvalue weighted by Crippen LogP contribution is -2.41. The Kier molecular flexibility index (Phi) is 5.06. The summed E-state index contributed by atoms with van der Waals surface area (Å²) in [4.78, 5) is 21.2. The Bertz CT molecular complexity index is 193. The molecule has 0 aliphatic heterocycles. The summed E-state index contributed by atoms with van der Waals surface area (Å²) in [6.07, 6.45) is 0.241. The minimum Gasteiger partial charge on any atom is -0.480 e. The van der Waals surface area contributed by atoms with E-state index in [1.807, 2.05) is 0 Å². The third-order valence-corrected chi connectivity index (χ3v) is 1.63. The zero-order chi connectivity index (χ0) is 10.4. The van der Waals surface area contributed by atoms with Gasteiger partial charge in [-0.1, -0.05) is 6.92 Å². The average Bonchev–Trinajstić information content (AvgIpc) is 2.02. The van der Waals surface area contributed by atoms with Crippen molar-refractivity contribution in [2.75, 3.05) is 6.61 Å². The van der Waals surface area contributed by atoms with Crippen LogP contribution in [-0.4, -0.2) is 34.7 Å². The van der Waals surface area contributed by atoms with E-state index in [-0.39, 0.29) is 24.9 Å². The van der Waals surface area contributed by atoms with E-state index in [0.29, 0.717) is 0 Å². The lowest BCUT2D eigenvalue weighted by atomic mass is 10.0. The molecular formula is C8H15NO4. The molecular weight excluding hydrogens is 174 g/mol. The molecule has 13 heavy (non-hydrogen) atoms. The largest absolute Gasteiger partial charge is 0.480 e. The standard InChI is InChI=1S/C8H15NO4/c1-5(4-10)3-7(8(12)13)9-6(2)11/h5,7,10H,3-4H2,1-2H3,(H,9,11)(H,12,13). The average molecular weight is 189 g/mol. The van der Waals surface area contributed by atoms with Crippen LogP contribution in [-0.2, 0) is 9.59 Å². The molecule has 0 aromatic heterocycles. The fourth-order valence-corrected chi connectivity index (χ4v) is 0.944. The van der Waals surface area contributed by atoms with Gasteiger partial charge in [-0.15, -0.1) is 0 Å². The van der Waals surface area contributed by atoms with Gasteiger partial charge in [0.1, 0.15) is 6.04 Å². The van der Waals surface area contributed by atoms with Gasteiger partial charge in [-0.05, 0) is 12.3 Å². The molecule has 0 spiro atoms. The number of aliphatic carboxylic acids is 1. The highest BCUT2D eigenvalue weighted by atomic mass is 16.4. The van der Waals surface area contributed by atoms with E-state index in [4.69, 9.17) is 10.2 Å². The fraction of sp³-hybridized carbons (Fsp3) is 0.750. The van der Waals surface area contributed by atoms with Crippen molar-refractivity contribution in [1.29, 1.82) is 0 Å². The summed E-state index contributed by atoms with van der Waals surface area (Å²) in [5, 5.41) is 19.7. The Morgan fingerprint density at radius 2 is 2.00 bits per heavy atom. The third kappa shape index (κ3) is 5.19. The molecule has 1 amide bonds. The second-order valence-corrected chi connectivity index (χ2v) is 3.11. The number of carboxylic acid groups (broad SMARTS) is 1. The van der Waals surface area contributed by atoms with Crippen molar-refractivity contribution in [3.05, 3.63) is 0 Å². The maximum Gasteiger partial charge on any atom is 0.326 e. The fourth-order valence-electron chi connectivity index (χ4n) is 0.944. The van der Waals surface area contributed by atoms with Crippen LogP contribution in [0.15, 0.2) is 0 Å². The van der Waals surface area contributed by atoms with Crippen LogP contribution in [0.4, 0.5) is 0 Å². The Morgan fingerprint density at radius 3 is 2.31 bits per heavy atom. The number of carbonyl (C=O) groups is 2. The summed E-state index contributed by atoms with van der Waals surface area (Å²) < 4.78 is 0. The van der Waals surface area contributed by atoms with Gasteiger partial charge in [-0.25, -0.2) is 4.79 Å². The number of carboxylic acids is 1. The molecule has 0 aromatic carbocycles. The summed E-state index contributed by atoms with van der Waals surface area (Å²) in [7, 11) is 0. The third-order valence-electron chi connectivity index (χ3n) is 1.63. The smallest absolute Gasteiger partial charge is 0.326 e. The van der Waals surface area contributed by atoms with E-state index in [2.05, 4.69) is 5.32 Å². The number of carbonyl (C=O) groups excluding carboxylic acids is 1. The van der Waals surface area contributed by atoms with Gasteiger partial charge in [0.15, 0.2) is 0 Å². The summed E-state index contributed by atoms with van der Waals surface area (Å²) in [6.45, 7) is 2.90. The van der Waals surface area contributed by atoms with Crippen LogP contribution in [0.5, 0.6) is 0 Å². The SMILES string of the molecule is CC(=O)NC(CC(C)CO)C(=O)O. The molecule has 3 N–H and O–H groups in total. The Morgan fingerprint density at radius 1 is 1.46 bits per heavy atom. The van der Waals surface area contributed by atoms with Crippen LogP contribution in [0, 0.1) is 5.92 Å². The van der Waals surface area contributed by atoms with Gasteiger partial charge in [0, 0.05) is 13.5 Å². The van der Waals surface area contributed by atoms with E-state index in [1.165, 1.54) is 6.92 Å². The minimum absolute atomic E-state index is 0.0800. The number of aliphatic hydroxyl groups excluding tert-OH is 1. The summed E-state index contributed by atoms with van der Waals surface area (Å²) in [5.41, 5.74) is 0. The molecule has 2 unspecified atom stereocenters. The van der Waals surface area contributed by atoms with E-state index < -0.39 is 12.0 Å². The van der Waals surface area contributed by atoms with Crippen molar-refractivity contribution in [2.45, 2.75) is 26.3 Å². The van der Waals surface area contributed by atoms with Gasteiger partial charge in [0.25, 0.3) is 0 Å². The van der Waals surface area contributed by atoms with Crippen molar-refractivity contribution >= 4 is 11.9 Å². The lowest BCUT2D eigenvalue weighted by molar-refractivity contribution is -0.142. The van der Waals surface area contributed by atoms with Crippen molar-refractivity contribution in [3.63, 3.8) is 0 Å². The topological polar surface area (TPSA) is 86.6 Å². The zero-order valence-corrected chi connectivity index (χ0v) is 7.78. The first-order valence-corrected chi connectivity index (χ1v) is 4.08. The molecule has 2 atom stereocenters. The molecule has 5 nitrogen and oxygen atoms in total. The molecule has 0 rings (SSSR count). The van der Waals surface area contributed by atoms with Crippen molar-refractivity contribution in [2.24, 2.45) is 5.92 Å². The molecule has 0 bridgehead atoms. The second kappa shape index (κ2) is 5.53. The van der Waals surface area contributed by atoms with Crippen LogP contribution in [0.25, 0.3) is 0 Å². The first-order valence-electron chi connectivity index (χ1n) is 4.08. The molecule has 0 saturated heterocycles. The van der Waals surface area contributed by atoms with E-state index in [1.54, 1.807) is 6.92 Å². The normalized spacial score (nSPS) is 14.7. The summed E-state index contributed by atoms with van der Waals surface area (Å²) in [6, 6.07) is -0.903. The van der Waals surface area contributed by atoms with Gasteiger partial charge in [0.2, 0.25) is 5.91 Å². The maximum atomic E-state index is 10.6. The lowest BCUT2D eigenvalue weighted by Gasteiger charge is -2.16.